The first-order chi connectivity index (χ1) is 13.7. The third kappa shape index (κ3) is 4.18. The standard InChI is InChI=1S/C22H26N2O4/c25-21(23-28-20-12-3-4-14-27-20)17-9-6-13-24(15-17)22(26)19-11-5-8-16-7-1-2-10-18(16)19/h1-2,5,7-8,10-11,17,20H,3-4,6,9,12-15H2,(H,23,25)/t17-,20-/m1/s1. The summed E-state index contributed by atoms with van der Waals surface area (Å²) in [4.78, 5) is 32.9. The third-order valence-electron chi connectivity index (χ3n) is 5.53. The summed E-state index contributed by atoms with van der Waals surface area (Å²) >= 11 is 0. The van der Waals surface area contributed by atoms with E-state index in [2.05, 4.69) is 5.48 Å². The molecule has 6 nitrogen and oxygen atoms in total. The molecule has 2 saturated heterocycles. The lowest BCUT2D eigenvalue weighted by Gasteiger charge is -2.32. The molecule has 1 N–H and O–H groups in total. The van der Waals surface area contributed by atoms with Crippen LogP contribution in [0.5, 0.6) is 0 Å². The Kier molecular flexibility index (Phi) is 5.88. The van der Waals surface area contributed by atoms with Crippen LogP contribution in [0.4, 0.5) is 0 Å². The number of piperidine rings is 1. The number of hydroxylamine groups is 1. The summed E-state index contributed by atoms with van der Waals surface area (Å²) in [6, 6.07) is 13.6. The second-order valence-electron chi connectivity index (χ2n) is 7.50. The molecule has 0 unspecified atom stereocenters. The van der Waals surface area contributed by atoms with Gasteiger partial charge in [0.15, 0.2) is 6.29 Å². The van der Waals surface area contributed by atoms with Crippen LogP contribution in [0.25, 0.3) is 10.8 Å². The molecule has 0 radical (unpaired) electrons. The molecule has 0 aliphatic carbocycles. The smallest absolute Gasteiger partial charge is 0.254 e. The van der Waals surface area contributed by atoms with Crippen LogP contribution in [0.2, 0.25) is 0 Å². The molecule has 28 heavy (non-hydrogen) atoms. The van der Waals surface area contributed by atoms with Gasteiger partial charge in [0.2, 0.25) is 5.91 Å². The molecule has 2 aliphatic heterocycles. The Balaban J connectivity index is 1.40. The number of fused-ring (bicyclic) bond motifs is 1. The van der Waals surface area contributed by atoms with Gasteiger partial charge in [-0.1, -0.05) is 36.4 Å². The third-order valence-corrected chi connectivity index (χ3v) is 5.53. The van der Waals surface area contributed by atoms with E-state index in [1.165, 1.54) is 0 Å². The normalized spacial score (nSPS) is 22.8. The van der Waals surface area contributed by atoms with Crippen molar-refractivity contribution in [2.24, 2.45) is 5.92 Å². The van der Waals surface area contributed by atoms with Gasteiger partial charge in [0.05, 0.1) is 5.92 Å². The van der Waals surface area contributed by atoms with Crippen molar-refractivity contribution in [3.05, 3.63) is 48.0 Å². The summed E-state index contributed by atoms with van der Waals surface area (Å²) < 4.78 is 5.47. The van der Waals surface area contributed by atoms with Gasteiger partial charge in [-0.05, 0) is 42.5 Å². The highest BCUT2D eigenvalue weighted by atomic mass is 16.8. The lowest BCUT2D eigenvalue weighted by atomic mass is 9.96. The fraction of sp³-hybridized carbons (Fsp3) is 0.455. The number of rotatable bonds is 4. The Morgan fingerprint density at radius 1 is 1.04 bits per heavy atom. The van der Waals surface area contributed by atoms with Crippen molar-refractivity contribution in [2.75, 3.05) is 19.7 Å². The molecule has 0 bridgehead atoms. The van der Waals surface area contributed by atoms with Gasteiger partial charge in [0, 0.05) is 31.7 Å². The van der Waals surface area contributed by atoms with Gasteiger partial charge in [0.25, 0.3) is 5.91 Å². The quantitative estimate of drug-likeness (QED) is 0.824. The summed E-state index contributed by atoms with van der Waals surface area (Å²) in [5.41, 5.74) is 3.24. The predicted octanol–water partition coefficient (Wildman–Crippen LogP) is 3.27. The molecule has 2 aromatic rings. The van der Waals surface area contributed by atoms with Crippen LogP contribution in [0, 0.1) is 5.92 Å². The summed E-state index contributed by atoms with van der Waals surface area (Å²) in [6.07, 6.45) is 4.04. The van der Waals surface area contributed by atoms with Gasteiger partial charge in [-0.15, -0.1) is 0 Å². The first kappa shape index (κ1) is 18.9. The van der Waals surface area contributed by atoms with Crippen molar-refractivity contribution >= 4 is 22.6 Å². The van der Waals surface area contributed by atoms with Crippen molar-refractivity contribution < 1.29 is 19.2 Å². The molecule has 6 heteroatoms. The zero-order valence-corrected chi connectivity index (χ0v) is 15.9. The highest BCUT2D eigenvalue weighted by Gasteiger charge is 2.30. The predicted molar refractivity (Wildman–Crippen MR) is 105 cm³/mol. The number of ether oxygens (including phenoxy) is 1. The Morgan fingerprint density at radius 3 is 2.75 bits per heavy atom. The molecule has 2 aliphatic rings. The minimum Gasteiger partial charge on any atom is -0.350 e. The lowest BCUT2D eigenvalue weighted by molar-refractivity contribution is -0.202. The van der Waals surface area contributed by atoms with E-state index >= 15 is 0 Å². The molecular weight excluding hydrogens is 356 g/mol. The van der Waals surface area contributed by atoms with Crippen LogP contribution in [0.3, 0.4) is 0 Å². The minimum atomic E-state index is -0.366. The number of hydrogen-bond donors (Lipinski definition) is 1. The minimum absolute atomic E-state index is 0.0224. The number of hydrogen-bond acceptors (Lipinski definition) is 4. The van der Waals surface area contributed by atoms with E-state index < -0.39 is 0 Å². The number of likely N-dealkylation sites (tertiary alicyclic amines) is 1. The number of nitrogens with zero attached hydrogens (tertiary/aromatic N) is 1. The fourth-order valence-electron chi connectivity index (χ4n) is 3.97. The maximum atomic E-state index is 13.1. The molecular formula is C22H26N2O4. The summed E-state index contributed by atoms with van der Waals surface area (Å²) in [5, 5.41) is 1.99. The van der Waals surface area contributed by atoms with E-state index in [1.807, 2.05) is 42.5 Å². The second kappa shape index (κ2) is 8.71. The Hall–Kier alpha value is -2.44. The summed E-state index contributed by atoms with van der Waals surface area (Å²) in [5.74, 6) is -0.466. The molecule has 148 valence electrons. The van der Waals surface area contributed by atoms with Crippen molar-refractivity contribution in [1.29, 1.82) is 0 Å². The van der Waals surface area contributed by atoms with Crippen LogP contribution >= 0.6 is 0 Å². The molecule has 2 aromatic carbocycles. The maximum absolute atomic E-state index is 13.1. The van der Waals surface area contributed by atoms with Gasteiger partial charge in [-0.2, -0.15) is 0 Å². The van der Waals surface area contributed by atoms with Crippen LogP contribution in [0.1, 0.15) is 42.5 Å². The van der Waals surface area contributed by atoms with Crippen molar-refractivity contribution in [3.8, 4) is 0 Å². The zero-order valence-electron chi connectivity index (χ0n) is 15.9. The molecule has 0 aromatic heterocycles. The van der Waals surface area contributed by atoms with Crippen molar-refractivity contribution in [2.45, 2.75) is 38.4 Å². The largest absolute Gasteiger partial charge is 0.350 e. The van der Waals surface area contributed by atoms with Crippen molar-refractivity contribution in [3.63, 3.8) is 0 Å². The number of nitrogens with one attached hydrogen (secondary N) is 1. The molecule has 0 spiro atoms. The van der Waals surface area contributed by atoms with E-state index in [0.29, 0.717) is 25.3 Å². The molecule has 2 amide bonds. The SMILES string of the molecule is O=C(NO[C@@H]1CCCCO1)[C@@H]1CCCN(C(=O)c2cccc3ccccc23)C1. The summed E-state index contributed by atoms with van der Waals surface area (Å²) in [7, 11) is 0. The zero-order chi connectivity index (χ0) is 19.3. The van der Waals surface area contributed by atoms with E-state index in [-0.39, 0.29) is 24.0 Å². The highest BCUT2D eigenvalue weighted by Crippen LogP contribution is 2.24. The molecule has 0 saturated carbocycles. The van der Waals surface area contributed by atoms with E-state index in [9.17, 15) is 9.59 Å². The first-order valence-corrected chi connectivity index (χ1v) is 10.1. The van der Waals surface area contributed by atoms with Crippen LogP contribution in [0.15, 0.2) is 42.5 Å². The fourth-order valence-corrected chi connectivity index (χ4v) is 3.97. The van der Waals surface area contributed by atoms with E-state index in [1.54, 1.807) is 4.90 Å². The Bertz CT molecular complexity index is 842. The average molecular weight is 382 g/mol. The van der Waals surface area contributed by atoms with Gasteiger partial charge < -0.3 is 9.64 Å². The topological polar surface area (TPSA) is 67.9 Å². The lowest BCUT2D eigenvalue weighted by Crippen LogP contribution is -2.46. The van der Waals surface area contributed by atoms with E-state index in [0.717, 1.165) is 42.9 Å². The van der Waals surface area contributed by atoms with Crippen LogP contribution in [-0.2, 0) is 14.4 Å². The first-order valence-electron chi connectivity index (χ1n) is 10.1. The number of carbonyl (C=O) groups excluding carboxylic acids is 2. The monoisotopic (exact) mass is 382 g/mol. The van der Waals surface area contributed by atoms with Gasteiger partial charge >= 0.3 is 0 Å². The van der Waals surface area contributed by atoms with Crippen molar-refractivity contribution in [1.82, 2.24) is 10.4 Å². The highest BCUT2D eigenvalue weighted by molar-refractivity contribution is 6.07. The van der Waals surface area contributed by atoms with E-state index in [4.69, 9.17) is 9.57 Å². The summed E-state index contributed by atoms with van der Waals surface area (Å²) in [6.45, 7) is 1.73. The maximum Gasteiger partial charge on any atom is 0.254 e. The number of benzene rings is 2. The molecule has 2 fully saturated rings. The molecule has 2 heterocycles. The Labute approximate surface area is 164 Å². The molecule has 4 rings (SSSR count). The number of amides is 2. The van der Waals surface area contributed by atoms with Gasteiger partial charge in [-0.25, -0.2) is 10.3 Å². The molecule has 2 atom stereocenters. The average Bonchev–Trinajstić information content (AvgIpc) is 2.77. The number of carbonyl (C=O) groups is 2. The Morgan fingerprint density at radius 2 is 1.89 bits per heavy atom. The van der Waals surface area contributed by atoms with Gasteiger partial charge in [0.1, 0.15) is 0 Å². The second-order valence-corrected chi connectivity index (χ2v) is 7.50. The van der Waals surface area contributed by atoms with Crippen LogP contribution in [-0.4, -0.2) is 42.7 Å². The van der Waals surface area contributed by atoms with Gasteiger partial charge in [-0.3, -0.25) is 9.59 Å². The van der Waals surface area contributed by atoms with Crippen LogP contribution < -0.4 is 5.48 Å².